The number of carbonyl (C=O) groups excluding carboxylic acids is 2. The molecule has 0 radical (unpaired) electrons. The summed E-state index contributed by atoms with van der Waals surface area (Å²) in [4.78, 5) is 25.9. The minimum absolute atomic E-state index is 0.182. The van der Waals surface area contributed by atoms with E-state index in [2.05, 4.69) is 0 Å². The second kappa shape index (κ2) is 8.60. The molecule has 7 nitrogen and oxygen atoms in total. The van der Waals surface area contributed by atoms with Gasteiger partial charge in [-0.15, -0.1) is 0 Å². The first-order valence-corrected chi connectivity index (χ1v) is 8.61. The molecule has 0 bridgehead atoms. The number of amides is 1. The van der Waals surface area contributed by atoms with E-state index in [4.69, 9.17) is 18.9 Å². The van der Waals surface area contributed by atoms with Crippen LogP contribution in [0.15, 0.2) is 36.4 Å². The molecule has 0 fully saturated rings. The molecule has 148 valence electrons. The van der Waals surface area contributed by atoms with Crippen molar-refractivity contribution >= 4 is 11.9 Å². The number of hydrogen-bond donors (Lipinski definition) is 0. The highest BCUT2D eigenvalue weighted by molar-refractivity contribution is 5.92. The van der Waals surface area contributed by atoms with Gasteiger partial charge in [-0.2, -0.15) is 0 Å². The molecule has 2 aromatic rings. The van der Waals surface area contributed by atoms with Crippen LogP contribution in [0.2, 0.25) is 0 Å². The number of hydrogen-bond acceptors (Lipinski definition) is 6. The molecule has 1 aliphatic rings. The Kier molecular flexibility index (Phi) is 5.98. The molecule has 0 N–H and O–H groups in total. The summed E-state index contributed by atoms with van der Waals surface area (Å²) in [6.45, 7) is 0.505. The number of likely N-dealkylation sites (N-methyl/N-ethyl adjacent to an activating group) is 1. The maximum atomic E-state index is 13.2. The van der Waals surface area contributed by atoms with E-state index in [0.717, 1.165) is 0 Å². The monoisotopic (exact) mass is 389 g/mol. The lowest BCUT2D eigenvalue weighted by molar-refractivity contribution is -0.133. The predicted octanol–water partition coefficient (Wildman–Crippen LogP) is 2.42. The third-order valence-corrected chi connectivity index (χ3v) is 4.12. The smallest absolute Gasteiger partial charge is 0.338 e. The largest absolute Gasteiger partial charge is 0.493 e. The summed E-state index contributed by atoms with van der Waals surface area (Å²) >= 11 is 0. The van der Waals surface area contributed by atoms with E-state index >= 15 is 0 Å². The number of fused-ring (bicyclic) bond motifs is 1. The first-order chi connectivity index (χ1) is 13.5. The number of rotatable bonds is 6. The third kappa shape index (κ3) is 4.51. The van der Waals surface area contributed by atoms with Crippen molar-refractivity contribution in [2.75, 3.05) is 34.0 Å². The SMILES string of the molecule is COc1cc(C(=O)OCC(=O)N(C)Cc2cccc(F)c2)cc2c1OCCO2. The van der Waals surface area contributed by atoms with Gasteiger partial charge in [0.05, 0.1) is 12.7 Å². The molecular weight excluding hydrogens is 369 g/mol. The Morgan fingerprint density at radius 2 is 1.96 bits per heavy atom. The standard InChI is InChI=1S/C20H20FNO6/c1-22(11-13-4-3-5-15(21)8-13)18(23)12-28-20(24)14-9-16(25-2)19-17(10-14)26-6-7-27-19/h3-5,8-10H,6-7,11-12H2,1-2H3. The Balaban J connectivity index is 1.61. The van der Waals surface area contributed by atoms with Gasteiger partial charge in [-0.1, -0.05) is 12.1 Å². The number of carbonyl (C=O) groups is 2. The van der Waals surface area contributed by atoms with Gasteiger partial charge in [0.15, 0.2) is 18.1 Å². The normalized spacial score (nSPS) is 12.2. The van der Waals surface area contributed by atoms with Gasteiger partial charge in [-0.25, -0.2) is 9.18 Å². The zero-order valence-electron chi connectivity index (χ0n) is 15.6. The van der Waals surface area contributed by atoms with Crippen molar-refractivity contribution in [2.45, 2.75) is 6.54 Å². The van der Waals surface area contributed by atoms with Crippen molar-refractivity contribution < 1.29 is 32.9 Å². The minimum atomic E-state index is -0.692. The van der Waals surface area contributed by atoms with Crippen LogP contribution in [0, 0.1) is 5.82 Å². The van der Waals surface area contributed by atoms with Crippen molar-refractivity contribution in [3.63, 3.8) is 0 Å². The highest BCUT2D eigenvalue weighted by atomic mass is 19.1. The van der Waals surface area contributed by atoms with E-state index in [-0.39, 0.29) is 17.9 Å². The van der Waals surface area contributed by atoms with Crippen molar-refractivity contribution in [1.29, 1.82) is 0 Å². The second-order valence-electron chi connectivity index (χ2n) is 6.16. The fourth-order valence-corrected chi connectivity index (χ4v) is 2.71. The Morgan fingerprint density at radius 1 is 1.18 bits per heavy atom. The van der Waals surface area contributed by atoms with Gasteiger partial charge in [-0.3, -0.25) is 4.79 Å². The zero-order chi connectivity index (χ0) is 20.1. The maximum Gasteiger partial charge on any atom is 0.338 e. The molecular formula is C20H20FNO6. The van der Waals surface area contributed by atoms with Crippen molar-refractivity contribution in [2.24, 2.45) is 0 Å². The van der Waals surface area contributed by atoms with Crippen LogP contribution in [-0.2, 0) is 16.1 Å². The van der Waals surface area contributed by atoms with Crippen molar-refractivity contribution in [3.05, 3.63) is 53.3 Å². The lowest BCUT2D eigenvalue weighted by Gasteiger charge is -2.21. The van der Waals surface area contributed by atoms with Crippen LogP contribution < -0.4 is 14.2 Å². The van der Waals surface area contributed by atoms with Gasteiger partial charge in [0.25, 0.3) is 5.91 Å². The molecule has 1 heterocycles. The maximum absolute atomic E-state index is 13.2. The molecule has 8 heteroatoms. The van der Waals surface area contributed by atoms with E-state index in [1.165, 1.54) is 36.3 Å². The molecule has 28 heavy (non-hydrogen) atoms. The second-order valence-corrected chi connectivity index (χ2v) is 6.16. The van der Waals surface area contributed by atoms with Crippen LogP contribution in [0.25, 0.3) is 0 Å². The van der Waals surface area contributed by atoms with E-state index in [0.29, 0.717) is 36.0 Å². The van der Waals surface area contributed by atoms with Gasteiger partial charge in [0, 0.05) is 13.6 Å². The summed E-state index contributed by atoms with van der Waals surface area (Å²) in [5, 5.41) is 0. The summed E-state index contributed by atoms with van der Waals surface area (Å²) in [6.07, 6.45) is 0. The quantitative estimate of drug-likeness (QED) is 0.707. The molecule has 0 aliphatic carbocycles. The lowest BCUT2D eigenvalue weighted by Crippen LogP contribution is -2.30. The molecule has 0 spiro atoms. The summed E-state index contributed by atoms with van der Waals surface area (Å²) < 4.78 is 34.5. The highest BCUT2D eigenvalue weighted by Crippen LogP contribution is 2.40. The summed E-state index contributed by atoms with van der Waals surface area (Å²) in [5.74, 6) is -0.329. The Morgan fingerprint density at radius 3 is 2.71 bits per heavy atom. The van der Waals surface area contributed by atoms with Gasteiger partial charge in [0.2, 0.25) is 5.75 Å². The zero-order valence-corrected chi connectivity index (χ0v) is 15.6. The predicted molar refractivity (Wildman–Crippen MR) is 97.1 cm³/mol. The van der Waals surface area contributed by atoms with Gasteiger partial charge in [0.1, 0.15) is 19.0 Å². The van der Waals surface area contributed by atoms with Gasteiger partial charge < -0.3 is 23.8 Å². The molecule has 0 saturated carbocycles. The average molecular weight is 389 g/mol. The number of methoxy groups -OCH3 is 1. The molecule has 0 saturated heterocycles. The topological polar surface area (TPSA) is 74.3 Å². The molecule has 0 aromatic heterocycles. The summed E-state index contributed by atoms with van der Waals surface area (Å²) in [6, 6.07) is 8.90. The number of esters is 1. The first-order valence-electron chi connectivity index (χ1n) is 8.61. The van der Waals surface area contributed by atoms with Crippen LogP contribution in [0.3, 0.4) is 0 Å². The van der Waals surface area contributed by atoms with Crippen LogP contribution in [0.5, 0.6) is 17.2 Å². The van der Waals surface area contributed by atoms with E-state index in [1.807, 2.05) is 0 Å². The van der Waals surface area contributed by atoms with E-state index < -0.39 is 18.5 Å². The van der Waals surface area contributed by atoms with Crippen LogP contribution >= 0.6 is 0 Å². The number of nitrogens with zero attached hydrogens (tertiary/aromatic N) is 1. The van der Waals surface area contributed by atoms with E-state index in [9.17, 15) is 14.0 Å². The van der Waals surface area contributed by atoms with Gasteiger partial charge in [-0.05, 0) is 29.8 Å². The average Bonchev–Trinajstić information content (AvgIpc) is 2.70. The van der Waals surface area contributed by atoms with Crippen molar-refractivity contribution in [3.8, 4) is 17.2 Å². The number of halogens is 1. The molecule has 0 atom stereocenters. The molecule has 3 rings (SSSR count). The first kappa shape index (κ1) is 19.5. The van der Waals surface area contributed by atoms with Gasteiger partial charge >= 0.3 is 5.97 Å². The van der Waals surface area contributed by atoms with Crippen LogP contribution in [0.1, 0.15) is 15.9 Å². The fourth-order valence-electron chi connectivity index (χ4n) is 2.71. The highest BCUT2D eigenvalue weighted by Gasteiger charge is 2.22. The van der Waals surface area contributed by atoms with Crippen LogP contribution in [0.4, 0.5) is 4.39 Å². The summed E-state index contributed by atoms with van der Waals surface area (Å²) in [7, 11) is 3.00. The lowest BCUT2D eigenvalue weighted by atomic mass is 10.1. The Hall–Kier alpha value is -3.29. The third-order valence-electron chi connectivity index (χ3n) is 4.12. The fraction of sp³-hybridized carbons (Fsp3) is 0.300. The molecule has 1 aliphatic heterocycles. The Labute approximate surface area is 161 Å². The number of ether oxygens (including phenoxy) is 4. The number of benzene rings is 2. The molecule has 2 aromatic carbocycles. The van der Waals surface area contributed by atoms with Crippen molar-refractivity contribution in [1.82, 2.24) is 4.90 Å². The minimum Gasteiger partial charge on any atom is -0.493 e. The molecule has 0 unspecified atom stereocenters. The Bertz CT molecular complexity index is 868. The molecule has 1 amide bonds. The van der Waals surface area contributed by atoms with Crippen LogP contribution in [-0.4, -0.2) is 50.8 Å². The summed E-state index contributed by atoms with van der Waals surface area (Å²) in [5.41, 5.74) is 0.820. The van der Waals surface area contributed by atoms with E-state index in [1.54, 1.807) is 19.2 Å².